The number of hydrogen-bond acceptors (Lipinski definition) is 6. The van der Waals surface area contributed by atoms with Crippen molar-refractivity contribution in [2.24, 2.45) is 0 Å². The van der Waals surface area contributed by atoms with Gasteiger partial charge in [-0.2, -0.15) is 0 Å². The largest absolute Gasteiger partial charge is 0.494 e. The molecule has 3 heterocycles. The van der Waals surface area contributed by atoms with E-state index in [2.05, 4.69) is 20.3 Å². The molecule has 0 unspecified atom stereocenters. The fourth-order valence-electron chi connectivity index (χ4n) is 4.21. The summed E-state index contributed by atoms with van der Waals surface area (Å²) in [6.45, 7) is 2.37. The second-order valence-electron chi connectivity index (χ2n) is 8.64. The van der Waals surface area contributed by atoms with E-state index in [-0.39, 0.29) is 11.7 Å². The summed E-state index contributed by atoms with van der Waals surface area (Å²) in [6, 6.07) is 14.1. The highest BCUT2D eigenvalue weighted by Gasteiger charge is 2.16. The number of fused-ring (bicyclic) bond motifs is 1. The highest BCUT2D eigenvalue weighted by molar-refractivity contribution is 5.96. The van der Waals surface area contributed by atoms with E-state index in [9.17, 15) is 9.18 Å². The molecule has 0 saturated carbocycles. The van der Waals surface area contributed by atoms with Crippen LogP contribution in [-0.2, 0) is 6.54 Å². The summed E-state index contributed by atoms with van der Waals surface area (Å²) >= 11 is 0. The average Bonchev–Trinajstić information content (AvgIpc) is 3.34. The lowest BCUT2D eigenvalue weighted by molar-refractivity contribution is 0.0784. The summed E-state index contributed by atoms with van der Waals surface area (Å²) in [5.74, 6) is 0.202. The number of methoxy groups -OCH3 is 1. The maximum absolute atomic E-state index is 14.3. The van der Waals surface area contributed by atoms with Gasteiger partial charge >= 0.3 is 0 Å². The SMILES string of the molecule is COc1ccc(-c2cnc3c(Nc4ccc(C(=O)N(C)Cc5cccnc5)c(C)c4)nccn23)cc1F. The van der Waals surface area contributed by atoms with Crippen LogP contribution >= 0.6 is 0 Å². The predicted octanol–water partition coefficient (Wildman–Crippen LogP) is 5.26. The quantitative estimate of drug-likeness (QED) is 0.331. The number of carbonyl (C=O) groups is 1. The molecule has 0 fully saturated rings. The molecule has 0 aliphatic carbocycles. The molecule has 0 aliphatic rings. The minimum Gasteiger partial charge on any atom is -0.494 e. The number of aryl methyl sites for hydroxylation is 1. The molecule has 3 aromatic heterocycles. The monoisotopic (exact) mass is 496 g/mol. The van der Waals surface area contributed by atoms with E-state index < -0.39 is 5.82 Å². The summed E-state index contributed by atoms with van der Waals surface area (Å²) in [4.78, 5) is 27.8. The third-order valence-electron chi connectivity index (χ3n) is 6.08. The van der Waals surface area contributed by atoms with Crippen LogP contribution in [0.25, 0.3) is 16.9 Å². The Morgan fingerprint density at radius 2 is 1.97 bits per heavy atom. The van der Waals surface area contributed by atoms with Crippen LogP contribution in [0.15, 0.2) is 79.5 Å². The van der Waals surface area contributed by atoms with E-state index in [1.54, 1.807) is 61.1 Å². The molecule has 5 rings (SSSR count). The van der Waals surface area contributed by atoms with Crippen LogP contribution in [0.5, 0.6) is 5.75 Å². The van der Waals surface area contributed by atoms with E-state index in [0.717, 1.165) is 22.5 Å². The second-order valence-corrected chi connectivity index (χ2v) is 8.64. The number of amides is 1. The van der Waals surface area contributed by atoms with E-state index in [0.29, 0.717) is 29.1 Å². The number of hydrogen-bond donors (Lipinski definition) is 1. The highest BCUT2D eigenvalue weighted by Crippen LogP contribution is 2.29. The van der Waals surface area contributed by atoms with E-state index in [4.69, 9.17) is 4.74 Å². The van der Waals surface area contributed by atoms with Crippen molar-refractivity contribution in [1.82, 2.24) is 24.3 Å². The molecule has 1 N–H and O–H groups in total. The standard InChI is InChI=1S/C28H25FN6O2/c1-18-13-21(7-8-22(18)28(36)34(2)17-19-5-4-10-30-15-19)33-26-27-32-16-24(35(27)12-11-31-26)20-6-9-25(37-3)23(29)14-20/h4-16H,17H2,1-3H3,(H,31,33). The number of halogens is 1. The van der Waals surface area contributed by atoms with Gasteiger partial charge in [0.05, 0.1) is 19.0 Å². The molecule has 0 aliphatic heterocycles. The Labute approximate surface area is 213 Å². The van der Waals surface area contributed by atoms with Crippen molar-refractivity contribution in [2.75, 3.05) is 19.5 Å². The van der Waals surface area contributed by atoms with Gasteiger partial charge in [-0.25, -0.2) is 14.4 Å². The Morgan fingerprint density at radius 1 is 1.11 bits per heavy atom. The number of carbonyl (C=O) groups excluding carboxylic acids is 1. The molecule has 2 aromatic carbocycles. The zero-order valence-corrected chi connectivity index (χ0v) is 20.6. The van der Waals surface area contributed by atoms with Gasteiger partial charge in [0.1, 0.15) is 0 Å². The summed E-state index contributed by atoms with van der Waals surface area (Å²) < 4.78 is 21.1. The second kappa shape index (κ2) is 10.1. The van der Waals surface area contributed by atoms with Crippen LogP contribution in [0.3, 0.4) is 0 Å². The minimum atomic E-state index is -0.446. The normalized spacial score (nSPS) is 10.9. The number of ether oxygens (including phenoxy) is 1. The summed E-state index contributed by atoms with van der Waals surface area (Å²) in [6.07, 6.45) is 8.56. The number of rotatable bonds is 7. The minimum absolute atomic E-state index is 0.0715. The van der Waals surface area contributed by atoms with Crippen molar-refractivity contribution in [2.45, 2.75) is 13.5 Å². The van der Waals surface area contributed by atoms with Gasteiger partial charge in [0.25, 0.3) is 5.91 Å². The van der Waals surface area contributed by atoms with Gasteiger partial charge < -0.3 is 15.0 Å². The van der Waals surface area contributed by atoms with Crippen LogP contribution in [0.2, 0.25) is 0 Å². The molecule has 0 atom stereocenters. The van der Waals surface area contributed by atoms with E-state index >= 15 is 0 Å². The van der Waals surface area contributed by atoms with Crippen molar-refractivity contribution in [1.29, 1.82) is 0 Å². The number of nitrogens with one attached hydrogen (secondary N) is 1. The van der Waals surface area contributed by atoms with Crippen LogP contribution in [-0.4, -0.2) is 44.3 Å². The van der Waals surface area contributed by atoms with Crippen molar-refractivity contribution >= 4 is 23.1 Å². The average molecular weight is 497 g/mol. The van der Waals surface area contributed by atoms with Crippen molar-refractivity contribution in [3.63, 3.8) is 0 Å². The number of pyridine rings is 1. The maximum Gasteiger partial charge on any atom is 0.254 e. The molecule has 9 heteroatoms. The lowest BCUT2D eigenvalue weighted by Crippen LogP contribution is -2.26. The summed E-state index contributed by atoms with van der Waals surface area (Å²) in [5.41, 5.74) is 5.15. The molecule has 8 nitrogen and oxygen atoms in total. The molecule has 0 radical (unpaired) electrons. The van der Waals surface area contributed by atoms with Crippen molar-refractivity contribution in [3.8, 4) is 17.0 Å². The zero-order chi connectivity index (χ0) is 25.9. The number of aromatic nitrogens is 4. The van der Waals surface area contributed by atoms with Gasteiger partial charge in [-0.1, -0.05) is 6.07 Å². The lowest BCUT2D eigenvalue weighted by Gasteiger charge is -2.19. The lowest BCUT2D eigenvalue weighted by atomic mass is 10.1. The third kappa shape index (κ3) is 4.84. The van der Waals surface area contributed by atoms with Gasteiger partial charge in [-0.3, -0.25) is 14.2 Å². The smallest absolute Gasteiger partial charge is 0.254 e. The molecule has 5 aromatic rings. The van der Waals surface area contributed by atoms with Crippen LogP contribution in [0.4, 0.5) is 15.9 Å². The first-order valence-electron chi connectivity index (χ1n) is 11.6. The number of imidazole rings is 1. The molecule has 0 saturated heterocycles. The Balaban J connectivity index is 1.38. The molecule has 186 valence electrons. The predicted molar refractivity (Wildman–Crippen MR) is 139 cm³/mol. The Bertz CT molecular complexity index is 1580. The fraction of sp³-hybridized carbons (Fsp3) is 0.143. The first-order valence-corrected chi connectivity index (χ1v) is 11.6. The maximum atomic E-state index is 14.3. The summed E-state index contributed by atoms with van der Waals surface area (Å²) in [5, 5.41) is 3.30. The first-order chi connectivity index (χ1) is 17.9. The third-order valence-corrected chi connectivity index (χ3v) is 6.08. The van der Waals surface area contributed by atoms with Gasteiger partial charge in [0.2, 0.25) is 0 Å². The molecule has 0 spiro atoms. The Hall–Kier alpha value is -4.79. The van der Waals surface area contributed by atoms with Gasteiger partial charge in [-0.15, -0.1) is 0 Å². The molecule has 37 heavy (non-hydrogen) atoms. The van der Waals surface area contributed by atoms with Crippen LogP contribution < -0.4 is 10.1 Å². The van der Waals surface area contributed by atoms with Crippen LogP contribution in [0.1, 0.15) is 21.5 Å². The van der Waals surface area contributed by atoms with E-state index in [1.165, 1.54) is 13.2 Å². The van der Waals surface area contributed by atoms with E-state index in [1.807, 2.05) is 35.6 Å². The topological polar surface area (TPSA) is 84.6 Å². The molecular formula is C28H25FN6O2. The molecule has 0 bridgehead atoms. The van der Waals surface area contributed by atoms with Gasteiger partial charge in [0, 0.05) is 55.2 Å². The number of anilines is 2. The van der Waals surface area contributed by atoms with Gasteiger partial charge in [0.15, 0.2) is 23.0 Å². The molecular weight excluding hydrogens is 471 g/mol. The molecule has 1 amide bonds. The van der Waals surface area contributed by atoms with Crippen molar-refractivity contribution in [3.05, 3.63) is 102 Å². The van der Waals surface area contributed by atoms with Crippen molar-refractivity contribution < 1.29 is 13.9 Å². The Morgan fingerprint density at radius 3 is 2.70 bits per heavy atom. The Kier molecular flexibility index (Phi) is 6.51. The fourth-order valence-corrected chi connectivity index (χ4v) is 4.21. The number of nitrogens with zero attached hydrogens (tertiary/aromatic N) is 5. The van der Waals surface area contributed by atoms with Crippen LogP contribution in [0, 0.1) is 12.7 Å². The zero-order valence-electron chi connectivity index (χ0n) is 20.6. The van der Waals surface area contributed by atoms with Gasteiger partial charge in [-0.05, 0) is 60.5 Å². The highest BCUT2D eigenvalue weighted by atomic mass is 19.1. The summed E-state index contributed by atoms with van der Waals surface area (Å²) in [7, 11) is 3.21. The number of benzene rings is 2. The first kappa shape index (κ1) is 23.9.